The van der Waals surface area contributed by atoms with Gasteiger partial charge in [-0.05, 0) is 19.3 Å². The summed E-state index contributed by atoms with van der Waals surface area (Å²) in [4.78, 5) is 12.0. The van der Waals surface area contributed by atoms with Crippen LogP contribution in [0.2, 0.25) is 0 Å². The first kappa shape index (κ1) is 15.7. The Labute approximate surface area is 113 Å². The number of hydrogen-bond donors (Lipinski definition) is 1. The quantitative estimate of drug-likeness (QED) is 0.588. The van der Waals surface area contributed by atoms with E-state index in [1.165, 1.54) is 44.9 Å². The Bertz CT molecular complexity index is 231. The van der Waals surface area contributed by atoms with Crippen LogP contribution in [0, 0.1) is 0 Å². The summed E-state index contributed by atoms with van der Waals surface area (Å²) in [5, 5.41) is 0. The molecule has 0 spiro atoms. The molecule has 2 N–H and O–H groups in total. The molecule has 0 aromatic carbocycles. The summed E-state index contributed by atoms with van der Waals surface area (Å²) in [5.74, 6) is 0.325. The second-order valence-corrected chi connectivity index (χ2v) is 6.01. The minimum atomic E-state index is -0.443. The summed E-state index contributed by atoms with van der Waals surface area (Å²) < 4.78 is 0. The third-order valence-electron chi connectivity index (χ3n) is 4.31. The molecule has 0 atom stereocenters. The number of Topliss-reactive ketones (excluding diaryl/α,β-unsaturated/α-hetero) is 1. The van der Waals surface area contributed by atoms with Crippen molar-refractivity contribution >= 4 is 5.78 Å². The van der Waals surface area contributed by atoms with E-state index in [-0.39, 0.29) is 0 Å². The summed E-state index contributed by atoms with van der Waals surface area (Å²) in [5.41, 5.74) is 5.71. The van der Waals surface area contributed by atoms with Crippen molar-refractivity contribution < 1.29 is 4.79 Å². The van der Waals surface area contributed by atoms with E-state index in [0.29, 0.717) is 12.2 Å². The normalized spacial score (nSPS) is 18.1. The fraction of sp³-hybridized carbons (Fsp3) is 0.938. The van der Waals surface area contributed by atoms with Crippen LogP contribution >= 0.6 is 0 Å². The topological polar surface area (TPSA) is 43.1 Å². The second kappa shape index (κ2) is 8.68. The van der Waals surface area contributed by atoms with E-state index >= 15 is 0 Å². The van der Waals surface area contributed by atoms with Crippen LogP contribution < -0.4 is 5.73 Å². The maximum atomic E-state index is 12.0. The molecule has 1 fully saturated rings. The third-order valence-corrected chi connectivity index (χ3v) is 4.31. The average Bonchev–Trinajstić information content (AvgIpc) is 2.81. The minimum Gasteiger partial charge on any atom is -0.319 e. The first-order chi connectivity index (χ1) is 8.69. The SMILES string of the molecule is CCCCCCCCCCC(=O)C1(N)CCCC1. The van der Waals surface area contributed by atoms with Gasteiger partial charge in [-0.1, -0.05) is 64.7 Å². The summed E-state index contributed by atoms with van der Waals surface area (Å²) in [7, 11) is 0. The van der Waals surface area contributed by atoms with E-state index in [1.54, 1.807) is 0 Å². The number of carbonyl (C=O) groups excluding carboxylic acids is 1. The van der Waals surface area contributed by atoms with Gasteiger partial charge in [0.05, 0.1) is 5.54 Å². The average molecular weight is 253 g/mol. The van der Waals surface area contributed by atoms with Gasteiger partial charge in [0.1, 0.15) is 0 Å². The molecule has 0 aromatic heterocycles. The highest BCUT2D eigenvalue weighted by atomic mass is 16.1. The van der Waals surface area contributed by atoms with Crippen molar-refractivity contribution in [1.82, 2.24) is 0 Å². The molecule has 2 heteroatoms. The van der Waals surface area contributed by atoms with Crippen LogP contribution in [0.15, 0.2) is 0 Å². The number of carbonyl (C=O) groups is 1. The van der Waals surface area contributed by atoms with E-state index in [4.69, 9.17) is 5.73 Å². The Morgan fingerprint density at radius 3 is 2.00 bits per heavy atom. The van der Waals surface area contributed by atoms with Crippen LogP contribution in [0.5, 0.6) is 0 Å². The van der Waals surface area contributed by atoms with Crippen molar-refractivity contribution in [3.8, 4) is 0 Å². The van der Waals surface area contributed by atoms with Gasteiger partial charge in [0.2, 0.25) is 0 Å². The minimum absolute atomic E-state index is 0.325. The number of nitrogens with two attached hydrogens (primary N) is 1. The highest BCUT2D eigenvalue weighted by Crippen LogP contribution is 2.29. The van der Waals surface area contributed by atoms with E-state index < -0.39 is 5.54 Å². The van der Waals surface area contributed by atoms with Gasteiger partial charge in [-0.2, -0.15) is 0 Å². The van der Waals surface area contributed by atoms with Crippen molar-refractivity contribution in [1.29, 1.82) is 0 Å². The van der Waals surface area contributed by atoms with E-state index in [1.807, 2.05) is 0 Å². The van der Waals surface area contributed by atoms with Crippen LogP contribution in [0.3, 0.4) is 0 Å². The predicted molar refractivity (Wildman–Crippen MR) is 77.6 cm³/mol. The Morgan fingerprint density at radius 2 is 1.44 bits per heavy atom. The van der Waals surface area contributed by atoms with Gasteiger partial charge in [-0.3, -0.25) is 4.79 Å². The number of ketones is 1. The highest BCUT2D eigenvalue weighted by molar-refractivity contribution is 5.88. The van der Waals surface area contributed by atoms with Crippen LogP contribution in [0.4, 0.5) is 0 Å². The van der Waals surface area contributed by atoms with Gasteiger partial charge < -0.3 is 5.73 Å². The van der Waals surface area contributed by atoms with Crippen molar-refractivity contribution in [3.05, 3.63) is 0 Å². The molecule has 0 amide bonds. The monoisotopic (exact) mass is 253 g/mol. The summed E-state index contributed by atoms with van der Waals surface area (Å²) in [6.45, 7) is 2.25. The first-order valence-electron chi connectivity index (χ1n) is 8.01. The smallest absolute Gasteiger partial charge is 0.152 e. The maximum Gasteiger partial charge on any atom is 0.152 e. The molecule has 0 aliphatic heterocycles. The molecule has 2 nitrogen and oxygen atoms in total. The Balaban J connectivity index is 1.96. The lowest BCUT2D eigenvalue weighted by Crippen LogP contribution is -2.45. The van der Waals surface area contributed by atoms with Crippen LogP contribution in [0.1, 0.15) is 90.4 Å². The standard InChI is InChI=1S/C16H31NO/c1-2-3-4-5-6-7-8-9-12-15(18)16(17)13-10-11-14-16/h2-14,17H2,1H3. The van der Waals surface area contributed by atoms with Gasteiger partial charge >= 0.3 is 0 Å². The molecule has 1 saturated carbocycles. The lowest BCUT2D eigenvalue weighted by molar-refractivity contribution is -0.124. The number of rotatable bonds is 10. The molecule has 0 saturated heterocycles. The fourth-order valence-corrected chi connectivity index (χ4v) is 2.95. The molecule has 0 unspecified atom stereocenters. The molecular formula is C16H31NO. The molecule has 18 heavy (non-hydrogen) atoms. The second-order valence-electron chi connectivity index (χ2n) is 6.01. The van der Waals surface area contributed by atoms with Crippen molar-refractivity contribution in [3.63, 3.8) is 0 Å². The molecular weight excluding hydrogens is 222 g/mol. The molecule has 1 aliphatic carbocycles. The van der Waals surface area contributed by atoms with Crippen molar-refractivity contribution in [2.24, 2.45) is 5.73 Å². The van der Waals surface area contributed by atoms with Crippen LogP contribution in [-0.2, 0) is 4.79 Å². The molecule has 1 aliphatic rings. The first-order valence-corrected chi connectivity index (χ1v) is 8.01. The lowest BCUT2D eigenvalue weighted by Gasteiger charge is -2.21. The van der Waals surface area contributed by atoms with Gasteiger partial charge in [0.25, 0.3) is 0 Å². The van der Waals surface area contributed by atoms with Gasteiger partial charge in [0, 0.05) is 6.42 Å². The Hall–Kier alpha value is -0.370. The molecule has 1 rings (SSSR count). The van der Waals surface area contributed by atoms with Crippen molar-refractivity contribution in [2.75, 3.05) is 0 Å². The molecule has 0 aromatic rings. The van der Waals surface area contributed by atoms with Crippen molar-refractivity contribution in [2.45, 2.75) is 95.9 Å². The molecule has 106 valence electrons. The number of unbranched alkanes of at least 4 members (excludes halogenated alkanes) is 7. The molecule has 0 heterocycles. The summed E-state index contributed by atoms with van der Waals surface area (Å²) >= 11 is 0. The Morgan fingerprint density at radius 1 is 0.944 bits per heavy atom. The highest BCUT2D eigenvalue weighted by Gasteiger charge is 2.35. The van der Waals surface area contributed by atoms with E-state index in [2.05, 4.69) is 6.92 Å². The third kappa shape index (κ3) is 5.51. The van der Waals surface area contributed by atoms with Crippen LogP contribution in [-0.4, -0.2) is 11.3 Å². The van der Waals surface area contributed by atoms with E-state index in [0.717, 1.165) is 32.1 Å². The number of hydrogen-bond acceptors (Lipinski definition) is 2. The largest absolute Gasteiger partial charge is 0.319 e. The van der Waals surface area contributed by atoms with Crippen LogP contribution in [0.25, 0.3) is 0 Å². The van der Waals surface area contributed by atoms with Gasteiger partial charge in [-0.25, -0.2) is 0 Å². The molecule has 0 radical (unpaired) electrons. The zero-order valence-electron chi connectivity index (χ0n) is 12.2. The summed E-state index contributed by atoms with van der Waals surface area (Å²) in [6.07, 6.45) is 15.1. The van der Waals surface area contributed by atoms with E-state index in [9.17, 15) is 4.79 Å². The molecule has 0 bridgehead atoms. The predicted octanol–water partition coefficient (Wildman–Crippen LogP) is 4.36. The lowest BCUT2D eigenvalue weighted by atomic mass is 9.90. The zero-order valence-corrected chi connectivity index (χ0v) is 12.2. The van der Waals surface area contributed by atoms with Gasteiger partial charge in [0.15, 0.2) is 5.78 Å². The zero-order chi connectivity index (χ0) is 13.3. The summed E-state index contributed by atoms with van der Waals surface area (Å²) in [6, 6.07) is 0. The Kier molecular flexibility index (Phi) is 7.57. The van der Waals surface area contributed by atoms with Gasteiger partial charge in [-0.15, -0.1) is 0 Å². The maximum absolute atomic E-state index is 12.0. The fourth-order valence-electron chi connectivity index (χ4n) is 2.95.